The van der Waals surface area contributed by atoms with Crippen LogP contribution in [0.4, 0.5) is 8.78 Å². The molecule has 2 aromatic carbocycles. The fraction of sp³-hybridized carbons (Fsp3) is 0.0526. The summed E-state index contributed by atoms with van der Waals surface area (Å²) in [4.78, 5) is 11.6. The number of para-hydroxylation sites is 1. The number of amides is 1. The average Bonchev–Trinajstić information content (AvgIpc) is 3.10. The van der Waals surface area contributed by atoms with Crippen LogP contribution in [0.2, 0.25) is 0 Å². The number of carbonyl (C=O) groups excluding carboxylic acids is 1. The number of halogens is 2. The van der Waals surface area contributed by atoms with Gasteiger partial charge in [-0.2, -0.15) is 5.10 Å². The highest BCUT2D eigenvalue weighted by molar-refractivity contribution is 5.81. The standard InChI is InChI=1S/C19H14F2N2O3/c20-14-7-5-13(6-8-14)17-10-9-15(26-17)11-22-23-19(24)12-25-18-4-2-1-3-16(18)21/h1-11H,12H2,(H,23,24)/b22-11+. The molecule has 3 aromatic rings. The molecule has 132 valence electrons. The summed E-state index contributed by atoms with van der Waals surface area (Å²) >= 11 is 0. The van der Waals surface area contributed by atoms with E-state index in [4.69, 9.17) is 9.15 Å². The summed E-state index contributed by atoms with van der Waals surface area (Å²) in [7, 11) is 0. The molecule has 5 nitrogen and oxygen atoms in total. The molecule has 26 heavy (non-hydrogen) atoms. The van der Waals surface area contributed by atoms with Crippen molar-refractivity contribution in [2.45, 2.75) is 0 Å². The zero-order valence-electron chi connectivity index (χ0n) is 13.5. The topological polar surface area (TPSA) is 63.8 Å². The van der Waals surface area contributed by atoms with Gasteiger partial charge in [-0.05, 0) is 48.5 Å². The highest BCUT2D eigenvalue weighted by Crippen LogP contribution is 2.21. The van der Waals surface area contributed by atoms with Gasteiger partial charge in [0.2, 0.25) is 0 Å². The highest BCUT2D eigenvalue weighted by atomic mass is 19.1. The molecule has 1 amide bonds. The second kappa shape index (κ2) is 8.06. The molecule has 0 saturated carbocycles. The summed E-state index contributed by atoms with van der Waals surface area (Å²) in [6.07, 6.45) is 1.31. The minimum atomic E-state index is -0.548. The fourth-order valence-corrected chi connectivity index (χ4v) is 2.10. The van der Waals surface area contributed by atoms with E-state index in [1.165, 1.54) is 36.5 Å². The minimum absolute atomic E-state index is 0.0124. The molecule has 0 saturated heterocycles. The van der Waals surface area contributed by atoms with Crippen molar-refractivity contribution >= 4 is 12.1 Å². The van der Waals surface area contributed by atoms with E-state index in [1.807, 2.05) is 0 Å². The largest absolute Gasteiger partial charge is 0.481 e. The lowest BCUT2D eigenvalue weighted by molar-refractivity contribution is -0.123. The first kappa shape index (κ1) is 17.3. The summed E-state index contributed by atoms with van der Waals surface area (Å²) in [6, 6.07) is 15.0. The first-order chi connectivity index (χ1) is 12.6. The molecule has 1 heterocycles. The van der Waals surface area contributed by atoms with E-state index in [0.717, 1.165) is 0 Å². The number of hydrazone groups is 1. The quantitative estimate of drug-likeness (QED) is 0.540. The van der Waals surface area contributed by atoms with Crippen LogP contribution in [-0.2, 0) is 4.79 Å². The molecule has 0 bridgehead atoms. The Labute approximate surface area is 147 Å². The van der Waals surface area contributed by atoms with Crippen molar-refractivity contribution < 1.29 is 22.7 Å². The number of ether oxygens (including phenoxy) is 1. The van der Waals surface area contributed by atoms with Crippen LogP contribution in [0.3, 0.4) is 0 Å². The van der Waals surface area contributed by atoms with Crippen LogP contribution in [0.15, 0.2) is 70.2 Å². The van der Waals surface area contributed by atoms with Crippen molar-refractivity contribution in [3.05, 3.63) is 78.1 Å². The number of benzene rings is 2. The molecule has 7 heteroatoms. The van der Waals surface area contributed by atoms with E-state index in [2.05, 4.69) is 10.5 Å². The molecular weight excluding hydrogens is 342 g/mol. The highest BCUT2D eigenvalue weighted by Gasteiger charge is 2.06. The summed E-state index contributed by atoms with van der Waals surface area (Å²) in [5.41, 5.74) is 2.97. The number of nitrogens with zero attached hydrogens (tertiary/aromatic N) is 1. The van der Waals surface area contributed by atoms with Crippen molar-refractivity contribution in [1.82, 2.24) is 5.43 Å². The van der Waals surface area contributed by atoms with Crippen LogP contribution in [0.5, 0.6) is 5.75 Å². The van der Waals surface area contributed by atoms with Gasteiger partial charge >= 0.3 is 0 Å². The van der Waals surface area contributed by atoms with Gasteiger partial charge in [-0.15, -0.1) is 0 Å². The first-order valence-electron chi connectivity index (χ1n) is 7.67. The Balaban J connectivity index is 1.51. The fourth-order valence-electron chi connectivity index (χ4n) is 2.10. The SMILES string of the molecule is O=C(COc1ccccc1F)N/N=C/c1ccc(-c2ccc(F)cc2)o1. The van der Waals surface area contributed by atoms with Crippen LogP contribution in [0, 0.1) is 11.6 Å². The van der Waals surface area contributed by atoms with Crippen molar-refractivity contribution in [3.63, 3.8) is 0 Å². The second-order valence-corrected chi connectivity index (χ2v) is 5.22. The normalized spacial score (nSPS) is 10.8. The van der Waals surface area contributed by atoms with Gasteiger partial charge < -0.3 is 9.15 Å². The van der Waals surface area contributed by atoms with E-state index in [9.17, 15) is 13.6 Å². The van der Waals surface area contributed by atoms with E-state index < -0.39 is 11.7 Å². The Hall–Kier alpha value is -3.48. The Morgan fingerprint density at radius 1 is 1.08 bits per heavy atom. The lowest BCUT2D eigenvalue weighted by Crippen LogP contribution is -2.24. The molecule has 1 aromatic heterocycles. The monoisotopic (exact) mass is 356 g/mol. The number of nitrogens with one attached hydrogen (secondary N) is 1. The molecule has 0 aliphatic rings. The molecular formula is C19H14F2N2O3. The van der Waals surface area contributed by atoms with E-state index in [0.29, 0.717) is 17.1 Å². The first-order valence-corrected chi connectivity index (χ1v) is 7.67. The lowest BCUT2D eigenvalue weighted by Gasteiger charge is -2.05. The molecule has 0 atom stereocenters. The summed E-state index contributed by atoms with van der Waals surface area (Å²) in [5.74, 6) is -0.494. The average molecular weight is 356 g/mol. The van der Waals surface area contributed by atoms with Gasteiger partial charge in [-0.25, -0.2) is 14.2 Å². The van der Waals surface area contributed by atoms with Gasteiger partial charge in [0.1, 0.15) is 17.3 Å². The van der Waals surface area contributed by atoms with Crippen molar-refractivity contribution in [2.75, 3.05) is 6.61 Å². The van der Waals surface area contributed by atoms with Gasteiger partial charge in [-0.3, -0.25) is 4.79 Å². The molecule has 0 unspecified atom stereocenters. The minimum Gasteiger partial charge on any atom is -0.481 e. The summed E-state index contributed by atoms with van der Waals surface area (Å²) < 4.78 is 36.9. The van der Waals surface area contributed by atoms with E-state index in [1.54, 1.807) is 30.3 Å². The smallest absolute Gasteiger partial charge is 0.277 e. The van der Waals surface area contributed by atoms with Crippen LogP contribution in [0.25, 0.3) is 11.3 Å². The summed E-state index contributed by atoms with van der Waals surface area (Å²) in [5, 5.41) is 3.75. The van der Waals surface area contributed by atoms with Gasteiger partial charge in [0.25, 0.3) is 5.91 Å². The van der Waals surface area contributed by atoms with Crippen LogP contribution >= 0.6 is 0 Å². The predicted octanol–water partition coefficient (Wildman–Crippen LogP) is 3.75. The molecule has 3 rings (SSSR count). The van der Waals surface area contributed by atoms with Crippen molar-refractivity contribution in [2.24, 2.45) is 5.10 Å². The molecule has 0 aliphatic heterocycles. The maximum absolute atomic E-state index is 13.4. The maximum atomic E-state index is 13.4. The summed E-state index contributed by atoms with van der Waals surface area (Å²) in [6.45, 7) is -0.378. The van der Waals surface area contributed by atoms with Crippen molar-refractivity contribution in [1.29, 1.82) is 0 Å². The second-order valence-electron chi connectivity index (χ2n) is 5.22. The zero-order chi connectivity index (χ0) is 18.4. The lowest BCUT2D eigenvalue weighted by atomic mass is 10.2. The Morgan fingerprint density at radius 3 is 2.62 bits per heavy atom. The van der Waals surface area contributed by atoms with Crippen molar-refractivity contribution in [3.8, 4) is 17.1 Å². The van der Waals surface area contributed by atoms with Crippen LogP contribution in [0.1, 0.15) is 5.76 Å². The van der Waals surface area contributed by atoms with E-state index >= 15 is 0 Å². The maximum Gasteiger partial charge on any atom is 0.277 e. The third-order valence-electron chi connectivity index (χ3n) is 3.33. The Bertz CT molecular complexity index is 921. The number of hydrogen-bond donors (Lipinski definition) is 1. The molecule has 0 fully saturated rings. The third-order valence-corrected chi connectivity index (χ3v) is 3.33. The molecule has 0 aliphatic carbocycles. The van der Waals surface area contributed by atoms with E-state index in [-0.39, 0.29) is 18.2 Å². The Morgan fingerprint density at radius 2 is 1.85 bits per heavy atom. The van der Waals surface area contributed by atoms with Crippen LogP contribution in [-0.4, -0.2) is 18.7 Å². The van der Waals surface area contributed by atoms with Gasteiger partial charge in [-0.1, -0.05) is 12.1 Å². The number of rotatable bonds is 6. The molecule has 1 N–H and O–H groups in total. The number of carbonyl (C=O) groups is 1. The molecule has 0 radical (unpaired) electrons. The third kappa shape index (κ3) is 4.54. The van der Waals surface area contributed by atoms with Crippen LogP contribution < -0.4 is 10.2 Å². The van der Waals surface area contributed by atoms with Gasteiger partial charge in [0, 0.05) is 5.56 Å². The predicted molar refractivity (Wildman–Crippen MR) is 91.7 cm³/mol. The Kier molecular flexibility index (Phi) is 5.38. The van der Waals surface area contributed by atoms with Gasteiger partial charge in [0.15, 0.2) is 18.2 Å². The number of furan rings is 1. The number of hydrogen-bond acceptors (Lipinski definition) is 4. The molecule has 0 spiro atoms. The zero-order valence-corrected chi connectivity index (χ0v) is 13.5. The van der Waals surface area contributed by atoms with Gasteiger partial charge in [0.05, 0.1) is 6.21 Å².